The zero-order chi connectivity index (χ0) is 26.7. The SMILES string of the molecule is CN(C(=N)NC(=O)c1ccccc1F)C(C#Cc1ccccc1)c1ccc(OCCN2CCOCC2)cc1. The Morgan fingerprint density at radius 2 is 1.76 bits per heavy atom. The van der Waals surface area contributed by atoms with E-state index in [2.05, 4.69) is 22.1 Å². The Kier molecular flexibility index (Phi) is 9.46. The Bertz CT molecular complexity index is 1280. The second kappa shape index (κ2) is 13.4. The number of amides is 1. The number of carbonyl (C=O) groups is 1. The molecule has 8 heteroatoms. The van der Waals surface area contributed by atoms with E-state index in [4.69, 9.17) is 14.9 Å². The van der Waals surface area contributed by atoms with Gasteiger partial charge in [0.25, 0.3) is 5.91 Å². The summed E-state index contributed by atoms with van der Waals surface area (Å²) in [5.74, 6) is 5.56. The molecule has 0 radical (unpaired) electrons. The Morgan fingerprint density at radius 1 is 1.08 bits per heavy atom. The topological polar surface area (TPSA) is 77.9 Å². The summed E-state index contributed by atoms with van der Waals surface area (Å²) >= 11 is 0. The highest BCUT2D eigenvalue weighted by atomic mass is 19.1. The van der Waals surface area contributed by atoms with Gasteiger partial charge in [0.15, 0.2) is 5.96 Å². The Hall–Kier alpha value is -4.19. The number of halogens is 1. The van der Waals surface area contributed by atoms with Gasteiger partial charge in [-0.25, -0.2) is 4.39 Å². The molecule has 0 aromatic heterocycles. The molecule has 1 aliphatic rings. The number of rotatable bonds is 7. The first-order chi connectivity index (χ1) is 18.5. The van der Waals surface area contributed by atoms with Crippen molar-refractivity contribution in [1.82, 2.24) is 15.1 Å². The predicted octanol–water partition coefficient (Wildman–Crippen LogP) is 3.93. The average Bonchev–Trinajstić information content (AvgIpc) is 2.95. The summed E-state index contributed by atoms with van der Waals surface area (Å²) in [4.78, 5) is 16.5. The molecule has 2 N–H and O–H groups in total. The van der Waals surface area contributed by atoms with E-state index < -0.39 is 17.8 Å². The molecule has 3 aromatic carbocycles. The maximum atomic E-state index is 14.1. The quantitative estimate of drug-likeness (QED) is 0.284. The molecule has 0 bridgehead atoms. The van der Waals surface area contributed by atoms with Gasteiger partial charge >= 0.3 is 0 Å². The first-order valence-corrected chi connectivity index (χ1v) is 12.5. The summed E-state index contributed by atoms with van der Waals surface area (Å²) in [6.07, 6.45) is 0. The van der Waals surface area contributed by atoms with Crippen LogP contribution in [0.3, 0.4) is 0 Å². The van der Waals surface area contributed by atoms with Gasteiger partial charge in [0.2, 0.25) is 0 Å². The van der Waals surface area contributed by atoms with Crippen LogP contribution in [0.2, 0.25) is 0 Å². The van der Waals surface area contributed by atoms with E-state index in [1.54, 1.807) is 18.0 Å². The first-order valence-electron chi connectivity index (χ1n) is 12.5. The van der Waals surface area contributed by atoms with Crippen molar-refractivity contribution in [2.24, 2.45) is 0 Å². The standard InChI is InChI=1S/C30H31FN4O3/c1-34(30(32)33-29(36)26-9-5-6-10-27(26)31)28(16-11-23-7-3-2-4-8-23)24-12-14-25(15-13-24)38-22-19-35-17-20-37-21-18-35/h2-10,12-15,28H,17-22H2,1H3,(H2,32,33,36). The molecule has 1 amide bonds. The lowest BCUT2D eigenvalue weighted by Gasteiger charge is -2.27. The van der Waals surface area contributed by atoms with Crippen molar-refractivity contribution in [3.63, 3.8) is 0 Å². The van der Waals surface area contributed by atoms with Crippen LogP contribution < -0.4 is 10.1 Å². The van der Waals surface area contributed by atoms with E-state index in [0.717, 1.165) is 49.7 Å². The summed E-state index contributed by atoms with van der Waals surface area (Å²) in [6, 6.07) is 22.2. The van der Waals surface area contributed by atoms with Crippen molar-refractivity contribution in [3.05, 3.63) is 101 Å². The van der Waals surface area contributed by atoms with Crippen molar-refractivity contribution >= 4 is 11.9 Å². The second-order valence-corrected chi connectivity index (χ2v) is 8.80. The highest BCUT2D eigenvalue weighted by Gasteiger charge is 2.21. The minimum atomic E-state index is -0.696. The fraction of sp³-hybridized carbons (Fsp3) is 0.267. The molecule has 7 nitrogen and oxygen atoms in total. The molecule has 1 aliphatic heterocycles. The third-order valence-electron chi connectivity index (χ3n) is 6.19. The van der Waals surface area contributed by atoms with Gasteiger partial charge in [0, 0.05) is 32.2 Å². The monoisotopic (exact) mass is 514 g/mol. The Labute approximate surface area is 222 Å². The van der Waals surface area contributed by atoms with Crippen LogP contribution in [0, 0.1) is 23.1 Å². The fourth-order valence-electron chi connectivity index (χ4n) is 3.98. The molecule has 1 saturated heterocycles. The number of morpholine rings is 1. The number of ether oxygens (including phenoxy) is 2. The van der Waals surface area contributed by atoms with Crippen LogP contribution in [0.25, 0.3) is 0 Å². The molecule has 38 heavy (non-hydrogen) atoms. The molecular formula is C30H31FN4O3. The van der Waals surface area contributed by atoms with E-state index in [0.29, 0.717) is 6.61 Å². The molecule has 1 heterocycles. The lowest BCUT2D eigenvalue weighted by Crippen LogP contribution is -2.43. The predicted molar refractivity (Wildman–Crippen MR) is 145 cm³/mol. The number of carbonyl (C=O) groups excluding carboxylic acids is 1. The van der Waals surface area contributed by atoms with Crippen LogP contribution in [0.4, 0.5) is 4.39 Å². The minimum Gasteiger partial charge on any atom is -0.492 e. The fourth-order valence-corrected chi connectivity index (χ4v) is 3.98. The van der Waals surface area contributed by atoms with Crippen molar-refractivity contribution in [2.75, 3.05) is 46.5 Å². The summed E-state index contributed by atoms with van der Waals surface area (Å²) in [5.41, 5.74) is 1.52. The van der Waals surface area contributed by atoms with Crippen LogP contribution in [-0.4, -0.2) is 68.2 Å². The number of guanidine groups is 1. The summed E-state index contributed by atoms with van der Waals surface area (Å²) in [7, 11) is 1.67. The van der Waals surface area contributed by atoms with Gasteiger partial charge in [-0.3, -0.25) is 20.4 Å². The van der Waals surface area contributed by atoms with Gasteiger partial charge in [0.1, 0.15) is 24.2 Å². The first kappa shape index (κ1) is 26.9. The normalized spacial score (nSPS) is 14.1. The molecule has 4 rings (SSSR count). The Balaban J connectivity index is 1.47. The van der Waals surface area contributed by atoms with Gasteiger partial charge in [-0.1, -0.05) is 54.3 Å². The highest BCUT2D eigenvalue weighted by Crippen LogP contribution is 2.22. The largest absolute Gasteiger partial charge is 0.492 e. The molecule has 0 saturated carbocycles. The third kappa shape index (κ3) is 7.42. The number of nitrogens with one attached hydrogen (secondary N) is 2. The smallest absolute Gasteiger partial charge is 0.260 e. The van der Waals surface area contributed by atoms with E-state index in [1.165, 1.54) is 18.2 Å². The van der Waals surface area contributed by atoms with Crippen LogP contribution in [-0.2, 0) is 4.74 Å². The molecule has 0 aliphatic carbocycles. The lowest BCUT2D eigenvalue weighted by molar-refractivity contribution is 0.0322. The summed E-state index contributed by atoms with van der Waals surface area (Å²) in [6.45, 7) is 4.74. The highest BCUT2D eigenvalue weighted by molar-refractivity contribution is 6.05. The van der Waals surface area contributed by atoms with Crippen molar-refractivity contribution in [1.29, 1.82) is 5.41 Å². The number of nitrogens with zero attached hydrogens (tertiary/aromatic N) is 2. The zero-order valence-electron chi connectivity index (χ0n) is 21.3. The molecule has 1 atom stereocenters. The maximum absolute atomic E-state index is 14.1. The minimum absolute atomic E-state index is 0.129. The lowest BCUT2D eigenvalue weighted by atomic mass is 10.1. The van der Waals surface area contributed by atoms with E-state index in [-0.39, 0.29) is 11.5 Å². The van der Waals surface area contributed by atoms with E-state index >= 15 is 0 Å². The van der Waals surface area contributed by atoms with Crippen molar-refractivity contribution < 1.29 is 18.7 Å². The van der Waals surface area contributed by atoms with Gasteiger partial charge in [-0.15, -0.1) is 0 Å². The van der Waals surface area contributed by atoms with Gasteiger partial charge in [0.05, 0.1) is 18.8 Å². The van der Waals surface area contributed by atoms with Gasteiger partial charge < -0.3 is 14.4 Å². The molecule has 1 fully saturated rings. The van der Waals surface area contributed by atoms with Crippen molar-refractivity contribution in [3.8, 4) is 17.6 Å². The molecular weight excluding hydrogens is 483 g/mol. The summed E-state index contributed by atoms with van der Waals surface area (Å²) in [5, 5.41) is 11.0. The molecule has 3 aromatic rings. The van der Waals surface area contributed by atoms with Crippen molar-refractivity contribution in [2.45, 2.75) is 6.04 Å². The maximum Gasteiger partial charge on any atom is 0.260 e. The second-order valence-electron chi connectivity index (χ2n) is 8.80. The molecule has 196 valence electrons. The van der Waals surface area contributed by atoms with Crippen LogP contribution in [0.15, 0.2) is 78.9 Å². The van der Waals surface area contributed by atoms with Crippen LogP contribution >= 0.6 is 0 Å². The third-order valence-corrected chi connectivity index (χ3v) is 6.19. The Morgan fingerprint density at radius 3 is 2.47 bits per heavy atom. The van der Waals surface area contributed by atoms with E-state index in [9.17, 15) is 9.18 Å². The van der Waals surface area contributed by atoms with E-state index in [1.807, 2.05) is 54.6 Å². The number of hydrogen-bond acceptors (Lipinski definition) is 5. The van der Waals surface area contributed by atoms with Crippen LogP contribution in [0.5, 0.6) is 5.75 Å². The molecule has 0 spiro atoms. The van der Waals surface area contributed by atoms with Crippen LogP contribution in [0.1, 0.15) is 27.5 Å². The zero-order valence-corrected chi connectivity index (χ0v) is 21.3. The number of benzene rings is 3. The number of hydrogen-bond donors (Lipinski definition) is 2. The average molecular weight is 515 g/mol. The molecule has 1 unspecified atom stereocenters. The van der Waals surface area contributed by atoms with Gasteiger partial charge in [-0.05, 0) is 42.0 Å². The summed E-state index contributed by atoms with van der Waals surface area (Å²) < 4.78 is 25.4. The van der Waals surface area contributed by atoms with Gasteiger partial charge in [-0.2, -0.15) is 0 Å².